The third-order valence-corrected chi connectivity index (χ3v) is 4.10. The molecule has 0 fully saturated rings. The van der Waals surface area contributed by atoms with Crippen LogP contribution in [0.3, 0.4) is 0 Å². The highest BCUT2D eigenvalue weighted by atomic mass is 35.5. The summed E-state index contributed by atoms with van der Waals surface area (Å²) < 4.78 is 5.65. The van der Waals surface area contributed by atoms with Crippen LogP contribution in [0.4, 0.5) is 5.69 Å². The van der Waals surface area contributed by atoms with E-state index in [1.54, 1.807) is 30.3 Å². The van der Waals surface area contributed by atoms with Crippen LogP contribution in [0.2, 0.25) is 10.0 Å². The fraction of sp³-hybridized carbons (Fsp3) is 0.0556. The highest BCUT2D eigenvalue weighted by molar-refractivity contribution is 6.36. The topological polar surface area (TPSA) is 76.2 Å². The molecular formula is C18H10Cl2N2O3. The molecule has 0 spiro atoms. The van der Waals surface area contributed by atoms with E-state index in [0.717, 1.165) is 11.1 Å². The molecule has 5 nitrogen and oxygen atoms in total. The predicted molar refractivity (Wildman–Crippen MR) is 96.6 cm³/mol. The summed E-state index contributed by atoms with van der Waals surface area (Å²) in [5.74, 6) is 0.553. The molecule has 1 heterocycles. The van der Waals surface area contributed by atoms with Crippen molar-refractivity contribution in [2.75, 3.05) is 6.61 Å². The van der Waals surface area contributed by atoms with Crippen LogP contribution in [-0.2, 0) is 0 Å². The first-order valence-electron chi connectivity index (χ1n) is 7.17. The first-order valence-corrected chi connectivity index (χ1v) is 7.92. The van der Waals surface area contributed by atoms with Crippen molar-refractivity contribution < 1.29 is 9.66 Å². The lowest BCUT2D eigenvalue weighted by Gasteiger charge is -2.18. The van der Waals surface area contributed by atoms with Crippen molar-refractivity contribution in [1.29, 1.82) is 5.26 Å². The van der Waals surface area contributed by atoms with E-state index in [1.807, 2.05) is 6.08 Å². The van der Waals surface area contributed by atoms with Crippen LogP contribution in [-0.4, -0.2) is 11.5 Å². The number of hydrogen-bond acceptors (Lipinski definition) is 4. The average Bonchev–Trinajstić information content (AvgIpc) is 2.59. The highest BCUT2D eigenvalue weighted by Crippen LogP contribution is 2.37. The first-order chi connectivity index (χ1) is 12.0. The van der Waals surface area contributed by atoms with E-state index in [0.29, 0.717) is 26.9 Å². The minimum absolute atomic E-state index is 0.0283. The molecular weight excluding hydrogens is 363 g/mol. The van der Waals surface area contributed by atoms with Crippen molar-refractivity contribution in [3.05, 3.63) is 79.3 Å². The Balaban J connectivity index is 1.96. The van der Waals surface area contributed by atoms with E-state index >= 15 is 0 Å². The van der Waals surface area contributed by atoms with Gasteiger partial charge in [-0.15, -0.1) is 0 Å². The number of halogens is 2. The van der Waals surface area contributed by atoms with Crippen molar-refractivity contribution >= 4 is 40.5 Å². The number of nitriles is 1. The summed E-state index contributed by atoms with van der Waals surface area (Å²) in [7, 11) is 0. The standard InChI is InChI=1S/C18H10Cl2N2O3/c19-15-7-13-5-11(10-25-18(13)17(20)8-15)6-14(9-21)12-1-3-16(4-2-12)22(23)24/h1-8H,10H2/b14-6-. The van der Waals surface area contributed by atoms with Crippen LogP contribution < -0.4 is 4.74 Å². The second-order valence-electron chi connectivity index (χ2n) is 5.29. The summed E-state index contributed by atoms with van der Waals surface area (Å²) in [6.07, 6.45) is 3.53. The van der Waals surface area contributed by atoms with Crippen LogP contribution in [0, 0.1) is 21.4 Å². The lowest BCUT2D eigenvalue weighted by molar-refractivity contribution is -0.384. The van der Waals surface area contributed by atoms with Gasteiger partial charge in [-0.25, -0.2) is 0 Å². The third-order valence-electron chi connectivity index (χ3n) is 3.60. The number of allylic oxidation sites excluding steroid dienone is 1. The molecule has 2 aromatic carbocycles. The number of ether oxygens (including phenoxy) is 1. The summed E-state index contributed by atoms with van der Waals surface area (Å²) in [6, 6.07) is 11.2. The lowest BCUT2D eigenvalue weighted by Crippen LogP contribution is -2.06. The largest absolute Gasteiger partial charge is 0.487 e. The van der Waals surface area contributed by atoms with E-state index in [4.69, 9.17) is 27.9 Å². The Labute approximate surface area is 153 Å². The van der Waals surface area contributed by atoms with Crippen LogP contribution in [0.15, 0.2) is 48.0 Å². The molecule has 0 amide bonds. The number of nitro benzene ring substituents is 1. The van der Waals surface area contributed by atoms with E-state index in [-0.39, 0.29) is 12.3 Å². The molecule has 0 aliphatic carbocycles. The second-order valence-corrected chi connectivity index (χ2v) is 6.13. The van der Waals surface area contributed by atoms with Gasteiger partial charge in [0.05, 0.1) is 21.6 Å². The summed E-state index contributed by atoms with van der Waals surface area (Å²) >= 11 is 12.1. The number of rotatable bonds is 3. The molecule has 1 aliphatic heterocycles. The van der Waals surface area contributed by atoms with Gasteiger partial charge in [0, 0.05) is 22.7 Å². The smallest absolute Gasteiger partial charge is 0.269 e. The third kappa shape index (κ3) is 3.66. The van der Waals surface area contributed by atoms with Gasteiger partial charge in [-0.1, -0.05) is 23.2 Å². The minimum Gasteiger partial charge on any atom is -0.487 e. The quantitative estimate of drug-likeness (QED) is 0.416. The van der Waals surface area contributed by atoms with E-state index in [1.165, 1.54) is 12.1 Å². The molecule has 0 radical (unpaired) electrons. The Morgan fingerprint density at radius 2 is 2.00 bits per heavy atom. The molecule has 124 valence electrons. The number of fused-ring (bicyclic) bond motifs is 1. The number of nitro groups is 1. The summed E-state index contributed by atoms with van der Waals surface area (Å²) in [4.78, 5) is 10.2. The van der Waals surface area contributed by atoms with Gasteiger partial charge >= 0.3 is 0 Å². The maximum absolute atomic E-state index is 10.7. The monoisotopic (exact) mass is 372 g/mol. The minimum atomic E-state index is -0.485. The van der Waals surface area contributed by atoms with Crippen LogP contribution >= 0.6 is 23.2 Å². The Hall–Kier alpha value is -2.81. The molecule has 0 unspecified atom stereocenters. The predicted octanol–water partition coefficient (Wildman–Crippen LogP) is 5.28. The molecule has 0 atom stereocenters. The van der Waals surface area contributed by atoms with Crippen LogP contribution in [0.1, 0.15) is 11.1 Å². The van der Waals surface area contributed by atoms with E-state index in [9.17, 15) is 15.4 Å². The second kappa shape index (κ2) is 6.98. The summed E-state index contributed by atoms with van der Waals surface area (Å²) in [5, 5.41) is 21.0. The number of benzene rings is 2. The zero-order chi connectivity index (χ0) is 18.0. The number of hydrogen-bond donors (Lipinski definition) is 0. The van der Waals surface area contributed by atoms with Crippen molar-refractivity contribution in [2.45, 2.75) is 0 Å². The SMILES string of the molecule is N#C/C(=C/C1=Cc2cc(Cl)cc(Cl)c2OC1)c1ccc([N+](=O)[O-])cc1. The summed E-state index contributed by atoms with van der Waals surface area (Å²) in [6.45, 7) is 0.256. The molecule has 0 saturated heterocycles. The molecule has 0 bridgehead atoms. The Morgan fingerprint density at radius 1 is 1.28 bits per heavy atom. The lowest BCUT2D eigenvalue weighted by atomic mass is 10.0. The number of non-ortho nitro benzene ring substituents is 1. The molecule has 0 N–H and O–H groups in total. The van der Waals surface area contributed by atoms with Gasteiger partial charge in [0.15, 0.2) is 0 Å². The van der Waals surface area contributed by atoms with Gasteiger partial charge in [0.2, 0.25) is 0 Å². The van der Waals surface area contributed by atoms with Gasteiger partial charge in [-0.05, 0) is 47.6 Å². The first kappa shape index (κ1) is 17.0. The van der Waals surface area contributed by atoms with Crippen molar-refractivity contribution in [2.24, 2.45) is 0 Å². The molecule has 0 saturated carbocycles. The van der Waals surface area contributed by atoms with Gasteiger partial charge < -0.3 is 4.74 Å². The molecule has 0 aromatic heterocycles. The Morgan fingerprint density at radius 3 is 2.64 bits per heavy atom. The van der Waals surface area contributed by atoms with Crippen molar-refractivity contribution in [3.8, 4) is 11.8 Å². The van der Waals surface area contributed by atoms with Gasteiger partial charge in [-0.2, -0.15) is 5.26 Å². The molecule has 2 aromatic rings. The average molecular weight is 373 g/mol. The van der Waals surface area contributed by atoms with Crippen LogP contribution in [0.5, 0.6) is 5.75 Å². The highest BCUT2D eigenvalue weighted by Gasteiger charge is 2.16. The maximum Gasteiger partial charge on any atom is 0.269 e. The fourth-order valence-electron chi connectivity index (χ4n) is 2.45. The number of nitrogens with zero attached hydrogens (tertiary/aromatic N) is 2. The Kier molecular flexibility index (Phi) is 4.75. The van der Waals surface area contributed by atoms with Gasteiger partial charge in [0.25, 0.3) is 5.69 Å². The Bertz CT molecular complexity index is 958. The normalized spacial score (nSPS) is 13.3. The van der Waals surface area contributed by atoms with Crippen molar-refractivity contribution in [3.63, 3.8) is 0 Å². The van der Waals surface area contributed by atoms with Crippen molar-refractivity contribution in [1.82, 2.24) is 0 Å². The van der Waals surface area contributed by atoms with Crippen LogP contribution in [0.25, 0.3) is 11.6 Å². The molecule has 25 heavy (non-hydrogen) atoms. The van der Waals surface area contributed by atoms with E-state index in [2.05, 4.69) is 6.07 Å². The van der Waals surface area contributed by atoms with Gasteiger partial charge in [-0.3, -0.25) is 10.1 Å². The molecule has 1 aliphatic rings. The maximum atomic E-state index is 10.7. The fourth-order valence-corrected chi connectivity index (χ4v) is 3.01. The zero-order valence-electron chi connectivity index (χ0n) is 12.7. The molecule has 7 heteroatoms. The van der Waals surface area contributed by atoms with Gasteiger partial charge in [0.1, 0.15) is 12.4 Å². The van der Waals surface area contributed by atoms with E-state index < -0.39 is 4.92 Å². The zero-order valence-corrected chi connectivity index (χ0v) is 14.2. The summed E-state index contributed by atoms with van der Waals surface area (Å²) in [5.41, 5.74) is 2.43. The molecule has 3 rings (SSSR count).